The summed E-state index contributed by atoms with van der Waals surface area (Å²) in [6, 6.07) is 3.57. The fourth-order valence-corrected chi connectivity index (χ4v) is 1.07. The van der Waals surface area contributed by atoms with Crippen LogP contribution in [0.15, 0.2) is 12.3 Å². The van der Waals surface area contributed by atoms with Crippen LogP contribution in [0.25, 0.3) is 0 Å². The summed E-state index contributed by atoms with van der Waals surface area (Å²) in [6.45, 7) is 0. The van der Waals surface area contributed by atoms with Crippen LogP contribution < -0.4 is 4.74 Å². The molecule has 0 radical (unpaired) electrons. The molecule has 0 unspecified atom stereocenters. The van der Waals surface area contributed by atoms with Crippen molar-refractivity contribution < 1.29 is 4.74 Å². The van der Waals surface area contributed by atoms with Crippen LogP contribution in [0.2, 0.25) is 5.02 Å². The number of nitrogens with zero attached hydrogens (tertiary/aromatic N) is 2. The summed E-state index contributed by atoms with van der Waals surface area (Å²) in [5, 5.41) is 8.68. The Labute approximate surface area is 87.3 Å². The fraction of sp³-hybridized carbons (Fsp3) is 0.200. The van der Waals surface area contributed by atoms with Crippen LogP contribution in [0.5, 0.6) is 5.88 Å². The van der Waals surface area contributed by atoms with Gasteiger partial charge in [0.1, 0.15) is 5.02 Å². The molecule has 0 aliphatic carbocycles. The second-order valence-electron chi connectivity index (χ2n) is 2.35. The molecule has 3 nitrogen and oxygen atoms in total. The Morgan fingerprint density at radius 3 is 3.00 bits per heavy atom. The minimum Gasteiger partial charge on any atom is -0.480 e. The molecule has 1 aromatic rings. The first-order valence-corrected chi connectivity index (χ1v) is 4.21. The van der Waals surface area contributed by atoms with E-state index in [9.17, 15) is 0 Å². The molecule has 0 fully saturated rings. The van der Waals surface area contributed by atoms with E-state index < -0.39 is 0 Å². The van der Waals surface area contributed by atoms with Gasteiger partial charge < -0.3 is 4.74 Å². The normalized spacial score (nSPS) is 8.36. The molecule has 0 atom stereocenters. The highest BCUT2D eigenvalue weighted by atomic mass is 35.5. The molecule has 70 valence electrons. The molecule has 0 saturated heterocycles. The van der Waals surface area contributed by atoms with Crippen LogP contribution in [0, 0.1) is 23.2 Å². The largest absolute Gasteiger partial charge is 0.480 e. The summed E-state index contributed by atoms with van der Waals surface area (Å²) in [7, 11) is 1.50. The summed E-state index contributed by atoms with van der Waals surface area (Å²) in [5.74, 6) is 5.80. The van der Waals surface area contributed by atoms with Gasteiger partial charge in [-0.15, -0.1) is 0 Å². The number of nitriles is 1. The van der Waals surface area contributed by atoms with Crippen molar-refractivity contribution in [3.63, 3.8) is 0 Å². The number of halogens is 1. The zero-order chi connectivity index (χ0) is 10.4. The lowest BCUT2D eigenvalue weighted by atomic mass is 10.3. The van der Waals surface area contributed by atoms with E-state index in [0.717, 1.165) is 0 Å². The van der Waals surface area contributed by atoms with Crippen LogP contribution in [0.4, 0.5) is 0 Å². The molecule has 1 rings (SSSR count). The Balaban J connectivity index is 2.89. The van der Waals surface area contributed by atoms with Gasteiger partial charge in [-0.1, -0.05) is 23.4 Å². The number of ether oxygens (including phenoxy) is 1. The fourth-order valence-electron chi connectivity index (χ4n) is 0.830. The second-order valence-corrected chi connectivity index (χ2v) is 2.76. The molecule has 0 bridgehead atoms. The van der Waals surface area contributed by atoms with Crippen LogP contribution in [-0.2, 0) is 0 Å². The van der Waals surface area contributed by atoms with Crippen molar-refractivity contribution in [3.8, 4) is 23.8 Å². The highest BCUT2D eigenvalue weighted by molar-refractivity contribution is 6.31. The van der Waals surface area contributed by atoms with Crippen LogP contribution in [-0.4, -0.2) is 12.1 Å². The van der Waals surface area contributed by atoms with Gasteiger partial charge in [0.2, 0.25) is 5.88 Å². The minimum absolute atomic E-state index is 0.198. The van der Waals surface area contributed by atoms with E-state index in [1.807, 2.05) is 6.07 Å². The number of hydrogen-bond donors (Lipinski definition) is 0. The lowest BCUT2D eigenvalue weighted by Gasteiger charge is -2.00. The second kappa shape index (κ2) is 5.11. The van der Waals surface area contributed by atoms with Crippen LogP contribution in [0.1, 0.15) is 12.0 Å². The molecule has 4 heteroatoms. The van der Waals surface area contributed by atoms with E-state index in [-0.39, 0.29) is 6.42 Å². The molecule has 1 aromatic heterocycles. The van der Waals surface area contributed by atoms with E-state index in [1.54, 1.807) is 12.3 Å². The first-order chi connectivity index (χ1) is 6.77. The quantitative estimate of drug-likeness (QED) is 0.661. The van der Waals surface area contributed by atoms with E-state index in [1.165, 1.54) is 7.11 Å². The summed E-state index contributed by atoms with van der Waals surface area (Å²) in [4.78, 5) is 3.94. The Kier molecular flexibility index (Phi) is 3.79. The zero-order valence-electron chi connectivity index (χ0n) is 7.54. The zero-order valence-corrected chi connectivity index (χ0v) is 8.30. The number of hydrogen-bond acceptors (Lipinski definition) is 3. The maximum absolute atomic E-state index is 8.27. The minimum atomic E-state index is 0.198. The molecule has 0 amide bonds. The molecule has 0 aliphatic heterocycles. The smallest absolute Gasteiger partial charge is 0.232 e. The molecule has 14 heavy (non-hydrogen) atoms. The number of aromatic nitrogens is 1. The molecule has 1 heterocycles. The van der Waals surface area contributed by atoms with Gasteiger partial charge in [0.15, 0.2) is 0 Å². The monoisotopic (exact) mass is 206 g/mol. The van der Waals surface area contributed by atoms with Gasteiger partial charge in [0.25, 0.3) is 0 Å². The van der Waals surface area contributed by atoms with Crippen LogP contribution in [0.3, 0.4) is 0 Å². The van der Waals surface area contributed by atoms with Crippen molar-refractivity contribution in [2.75, 3.05) is 7.11 Å². The van der Waals surface area contributed by atoms with Gasteiger partial charge in [-0.25, -0.2) is 4.98 Å². The lowest BCUT2D eigenvalue weighted by Crippen LogP contribution is -1.89. The summed E-state index contributed by atoms with van der Waals surface area (Å²) >= 11 is 5.82. The van der Waals surface area contributed by atoms with Gasteiger partial charge in [-0.2, -0.15) is 5.26 Å². The third kappa shape index (κ3) is 2.65. The summed E-state index contributed by atoms with van der Waals surface area (Å²) < 4.78 is 4.88. The Morgan fingerprint density at radius 2 is 2.43 bits per heavy atom. The molecule has 0 spiro atoms. The van der Waals surface area contributed by atoms with Gasteiger partial charge in [0.05, 0.1) is 19.6 Å². The molecule has 0 saturated carbocycles. The topological polar surface area (TPSA) is 45.9 Å². The highest BCUT2D eigenvalue weighted by Gasteiger charge is 2.00. The highest BCUT2D eigenvalue weighted by Crippen LogP contribution is 2.21. The predicted octanol–water partition coefficient (Wildman–Crippen LogP) is 2.01. The third-order valence-corrected chi connectivity index (χ3v) is 1.67. The van der Waals surface area contributed by atoms with Crippen molar-refractivity contribution in [3.05, 3.63) is 22.8 Å². The van der Waals surface area contributed by atoms with Crippen molar-refractivity contribution in [2.45, 2.75) is 6.42 Å². The molecule has 0 N–H and O–H groups in total. The Hall–Kier alpha value is -1.71. The van der Waals surface area contributed by atoms with E-state index in [0.29, 0.717) is 16.5 Å². The van der Waals surface area contributed by atoms with Crippen molar-refractivity contribution in [1.29, 1.82) is 5.26 Å². The SMILES string of the molecule is COc1ncc(C#CCC#N)cc1Cl. The molecule has 0 aliphatic rings. The molecule has 0 aromatic carbocycles. The summed E-state index contributed by atoms with van der Waals surface area (Å²) in [6.07, 6.45) is 1.75. The standard InChI is InChI=1S/C10H7ClN2O/c1-14-10-9(11)6-8(7-13-10)4-2-3-5-12/h6-7H,3H2,1H3. The number of rotatable bonds is 1. The van der Waals surface area contributed by atoms with Gasteiger partial charge >= 0.3 is 0 Å². The van der Waals surface area contributed by atoms with Gasteiger partial charge in [-0.3, -0.25) is 0 Å². The van der Waals surface area contributed by atoms with Gasteiger partial charge in [-0.05, 0) is 6.07 Å². The Morgan fingerprint density at radius 1 is 1.64 bits per heavy atom. The van der Waals surface area contributed by atoms with E-state index >= 15 is 0 Å². The van der Waals surface area contributed by atoms with Crippen molar-refractivity contribution in [2.24, 2.45) is 0 Å². The third-order valence-electron chi connectivity index (χ3n) is 1.40. The maximum Gasteiger partial charge on any atom is 0.232 e. The lowest BCUT2D eigenvalue weighted by molar-refractivity contribution is 0.398. The summed E-state index contributed by atoms with van der Waals surface area (Å²) in [5.41, 5.74) is 0.672. The van der Waals surface area contributed by atoms with Crippen molar-refractivity contribution in [1.82, 2.24) is 4.98 Å². The first-order valence-electron chi connectivity index (χ1n) is 3.83. The first kappa shape index (κ1) is 10.4. The van der Waals surface area contributed by atoms with Gasteiger partial charge in [0, 0.05) is 11.8 Å². The number of methoxy groups -OCH3 is 1. The average molecular weight is 207 g/mol. The van der Waals surface area contributed by atoms with E-state index in [2.05, 4.69) is 16.8 Å². The molecular weight excluding hydrogens is 200 g/mol. The maximum atomic E-state index is 8.27. The van der Waals surface area contributed by atoms with Crippen LogP contribution >= 0.6 is 11.6 Å². The predicted molar refractivity (Wildman–Crippen MR) is 52.9 cm³/mol. The average Bonchev–Trinajstić information content (AvgIpc) is 2.18. The number of pyridine rings is 1. The molecular formula is C10H7ClN2O. The Bertz CT molecular complexity index is 426. The van der Waals surface area contributed by atoms with Crippen molar-refractivity contribution >= 4 is 11.6 Å². The van der Waals surface area contributed by atoms with E-state index in [4.69, 9.17) is 21.6 Å².